The van der Waals surface area contributed by atoms with Gasteiger partial charge in [0.1, 0.15) is 6.61 Å². The fraction of sp³-hybridized carbons (Fsp3) is 0.708. The molecule has 1 aliphatic heterocycles. The number of primary amides is 1. The minimum absolute atomic E-state index is 0.0298. The SMILES string of the molecule is CCCCC[C@@H](CCCCNC(=O)COCCOCCNC(=O)CCN1C(=O)C=CC1=O)C(N)=O. The maximum atomic E-state index is 11.8. The zero-order chi connectivity index (χ0) is 25.9. The van der Waals surface area contributed by atoms with Crippen LogP contribution in [0.15, 0.2) is 12.2 Å². The molecule has 4 N–H and O–H groups in total. The third kappa shape index (κ3) is 14.3. The van der Waals surface area contributed by atoms with E-state index in [2.05, 4.69) is 17.6 Å². The lowest BCUT2D eigenvalue weighted by molar-refractivity contribution is -0.137. The van der Waals surface area contributed by atoms with Crippen molar-refractivity contribution in [2.45, 2.75) is 58.3 Å². The summed E-state index contributed by atoms with van der Waals surface area (Å²) in [5, 5.41) is 5.42. The molecule has 11 nitrogen and oxygen atoms in total. The van der Waals surface area contributed by atoms with E-state index in [-0.39, 0.29) is 69.6 Å². The van der Waals surface area contributed by atoms with Crippen LogP contribution in [0, 0.1) is 5.92 Å². The number of rotatable bonds is 21. The number of amides is 5. The van der Waals surface area contributed by atoms with Crippen molar-refractivity contribution in [2.75, 3.05) is 46.1 Å². The maximum absolute atomic E-state index is 11.8. The molecule has 0 saturated heterocycles. The van der Waals surface area contributed by atoms with Crippen LogP contribution in [-0.4, -0.2) is 80.5 Å². The Bertz CT molecular complexity index is 709. The van der Waals surface area contributed by atoms with Crippen LogP contribution in [0.2, 0.25) is 0 Å². The molecule has 0 spiro atoms. The van der Waals surface area contributed by atoms with Crippen molar-refractivity contribution in [1.29, 1.82) is 0 Å². The first kappa shape index (κ1) is 30.2. The third-order valence-electron chi connectivity index (χ3n) is 5.50. The molecule has 0 fully saturated rings. The Kier molecular flexibility index (Phi) is 16.0. The van der Waals surface area contributed by atoms with Crippen LogP contribution in [-0.2, 0) is 33.4 Å². The molecule has 1 heterocycles. The summed E-state index contributed by atoms with van der Waals surface area (Å²) >= 11 is 0. The molecule has 198 valence electrons. The third-order valence-corrected chi connectivity index (χ3v) is 5.50. The van der Waals surface area contributed by atoms with Crippen LogP contribution in [0.5, 0.6) is 0 Å². The van der Waals surface area contributed by atoms with Crippen molar-refractivity contribution >= 4 is 29.5 Å². The highest BCUT2D eigenvalue weighted by Crippen LogP contribution is 2.16. The molecule has 1 atom stereocenters. The van der Waals surface area contributed by atoms with Gasteiger partial charge in [0, 0.05) is 44.1 Å². The number of unbranched alkanes of at least 4 members (excludes halogenated alkanes) is 3. The number of nitrogens with one attached hydrogen (secondary N) is 2. The zero-order valence-electron chi connectivity index (χ0n) is 20.7. The molecule has 0 aromatic heterocycles. The lowest BCUT2D eigenvalue weighted by Crippen LogP contribution is -2.35. The van der Waals surface area contributed by atoms with Gasteiger partial charge in [-0.1, -0.05) is 32.6 Å². The zero-order valence-corrected chi connectivity index (χ0v) is 20.7. The number of imide groups is 1. The van der Waals surface area contributed by atoms with Gasteiger partial charge >= 0.3 is 0 Å². The van der Waals surface area contributed by atoms with Gasteiger partial charge in [-0.3, -0.25) is 28.9 Å². The first-order valence-electron chi connectivity index (χ1n) is 12.4. The number of ether oxygens (including phenoxy) is 2. The van der Waals surface area contributed by atoms with Crippen LogP contribution in [0.4, 0.5) is 0 Å². The highest BCUT2D eigenvalue weighted by atomic mass is 16.5. The molecule has 0 aliphatic carbocycles. The molecule has 5 amide bonds. The monoisotopic (exact) mass is 496 g/mol. The topological polar surface area (TPSA) is 157 Å². The fourth-order valence-electron chi connectivity index (χ4n) is 3.46. The lowest BCUT2D eigenvalue weighted by atomic mass is 9.95. The maximum Gasteiger partial charge on any atom is 0.253 e. The van der Waals surface area contributed by atoms with Gasteiger partial charge in [0.05, 0.1) is 19.8 Å². The molecule has 0 aromatic carbocycles. The summed E-state index contributed by atoms with van der Waals surface area (Å²) in [6.45, 7) is 3.70. The average Bonchev–Trinajstić information content (AvgIpc) is 3.14. The number of carbonyl (C=O) groups excluding carboxylic acids is 5. The number of carbonyl (C=O) groups is 5. The number of hydrogen-bond acceptors (Lipinski definition) is 7. The predicted molar refractivity (Wildman–Crippen MR) is 129 cm³/mol. The molecule has 0 unspecified atom stereocenters. The highest BCUT2D eigenvalue weighted by molar-refractivity contribution is 6.13. The summed E-state index contributed by atoms with van der Waals surface area (Å²) in [7, 11) is 0. The standard InChI is InChI=1S/C24H40N4O7/c1-2-3-4-7-19(24(25)33)8-5-6-12-26-21(30)18-35-17-16-34-15-13-27-20(29)11-14-28-22(31)9-10-23(28)32/h9-10,19H,2-8,11-18H2,1H3,(H2,25,33)(H,26,30)(H,27,29)/t19-/m0/s1. The first-order chi connectivity index (χ1) is 16.8. The van der Waals surface area contributed by atoms with Crippen LogP contribution in [0.1, 0.15) is 58.3 Å². The van der Waals surface area contributed by atoms with Crippen LogP contribution in [0.25, 0.3) is 0 Å². The Labute approximate surface area is 207 Å². The Hall–Kier alpha value is -2.79. The minimum Gasteiger partial charge on any atom is -0.377 e. The van der Waals surface area contributed by atoms with E-state index in [4.69, 9.17) is 15.2 Å². The minimum atomic E-state index is -0.411. The summed E-state index contributed by atoms with van der Waals surface area (Å²) in [5.74, 6) is -1.64. The molecule has 0 radical (unpaired) electrons. The van der Waals surface area contributed by atoms with Crippen LogP contribution >= 0.6 is 0 Å². The molecule has 0 saturated carbocycles. The van der Waals surface area contributed by atoms with E-state index in [1.807, 2.05) is 0 Å². The lowest BCUT2D eigenvalue weighted by Gasteiger charge is -2.13. The van der Waals surface area contributed by atoms with Gasteiger partial charge in [0.15, 0.2) is 0 Å². The quantitative estimate of drug-likeness (QED) is 0.153. The van der Waals surface area contributed by atoms with E-state index >= 15 is 0 Å². The molecular formula is C24H40N4O7. The Morgan fingerprint density at radius 3 is 2.17 bits per heavy atom. The van der Waals surface area contributed by atoms with Crippen LogP contribution in [0.3, 0.4) is 0 Å². The summed E-state index contributed by atoms with van der Waals surface area (Å²) < 4.78 is 10.6. The summed E-state index contributed by atoms with van der Waals surface area (Å²) in [6.07, 6.45) is 8.80. The van der Waals surface area contributed by atoms with Crippen molar-refractivity contribution in [1.82, 2.24) is 15.5 Å². The summed E-state index contributed by atoms with van der Waals surface area (Å²) in [4.78, 5) is 58.8. The molecule has 0 aromatic rings. The Morgan fingerprint density at radius 1 is 0.886 bits per heavy atom. The first-order valence-corrected chi connectivity index (χ1v) is 12.4. The van der Waals surface area contributed by atoms with Gasteiger partial charge in [-0.2, -0.15) is 0 Å². The molecular weight excluding hydrogens is 456 g/mol. The molecule has 35 heavy (non-hydrogen) atoms. The van der Waals surface area contributed by atoms with Crippen LogP contribution < -0.4 is 16.4 Å². The van der Waals surface area contributed by atoms with E-state index < -0.39 is 11.8 Å². The second-order valence-corrected chi connectivity index (χ2v) is 8.37. The predicted octanol–water partition coefficient (Wildman–Crippen LogP) is 0.419. The summed E-state index contributed by atoms with van der Waals surface area (Å²) in [5.41, 5.74) is 5.47. The smallest absolute Gasteiger partial charge is 0.253 e. The fourth-order valence-corrected chi connectivity index (χ4v) is 3.46. The molecule has 0 bridgehead atoms. The van der Waals surface area contributed by atoms with Crippen molar-refractivity contribution in [3.05, 3.63) is 12.2 Å². The van der Waals surface area contributed by atoms with Crippen molar-refractivity contribution in [3.8, 4) is 0 Å². The van der Waals surface area contributed by atoms with Gasteiger partial charge in [-0.25, -0.2) is 0 Å². The molecule has 11 heteroatoms. The van der Waals surface area contributed by atoms with Gasteiger partial charge in [0.2, 0.25) is 17.7 Å². The van der Waals surface area contributed by atoms with Gasteiger partial charge in [-0.05, 0) is 19.3 Å². The van der Waals surface area contributed by atoms with E-state index in [9.17, 15) is 24.0 Å². The van der Waals surface area contributed by atoms with Crippen molar-refractivity contribution < 1.29 is 33.4 Å². The summed E-state index contributed by atoms with van der Waals surface area (Å²) in [6, 6.07) is 0. The average molecular weight is 497 g/mol. The van der Waals surface area contributed by atoms with E-state index in [1.54, 1.807) is 0 Å². The number of hydrogen-bond donors (Lipinski definition) is 3. The van der Waals surface area contributed by atoms with Crippen molar-refractivity contribution in [2.24, 2.45) is 11.7 Å². The number of nitrogens with two attached hydrogens (primary N) is 1. The highest BCUT2D eigenvalue weighted by Gasteiger charge is 2.23. The molecule has 1 rings (SSSR count). The largest absolute Gasteiger partial charge is 0.377 e. The number of nitrogens with zero attached hydrogens (tertiary/aromatic N) is 1. The normalized spacial score (nSPS) is 13.8. The van der Waals surface area contributed by atoms with E-state index in [0.29, 0.717) is 6.54 Å². The van der Waals surface area contributed by atoms with E-state index in [0.717, 1.165) is 49.8 Å². The second kappa shape index (κ2) is 18.5. The van der Waals surface area contributed by atoms with Gasteiger partial charge < -0.3 is 25.8 Å². The Morgan fingerprint density at radius 2 is 1.51 bits per heavy atom. The second-order valence-electron chi connectivity index (χ2n) is 8.37. The van der Waals surface area contributed by atoms with Gasteiger partial charge in [0.25, 0.3) is 11.8 Å². The van der Waals surface area contributed by atoms with E-state index in [1.165, 1.54) is 12.2 Å². The van der Waals surface area contributed by atoms with Gasteiger partial charge in [-0.15, -0.1) is 0 Å². The molecule has 1 aliphatic rings. The Balaban J connectivity index is 1.92. The van der Waals surface area contributed by atoms with Crippen molar-refractivity contribution in [3.63, 3.8) is 0 Å².